The van der Waals surface area contributed by atoms with Gasteiger partial charge in [-0.1, -0.05) is 31.6 Å². The Balaban J connectivity index is 1.46. The molecule has 0 amide bonds. The number of fused-ring (bicyclic) bond motifs is 5. The molecule has 2 saturated carbocycles. The number of carbonyl (C=O) groups excluding carboxylic acids is 1. The number of carbonyl (C=O) groups is 1. The summed E-state index contributed by atoms with van der Waals surface area (Å²) >= 11 is 1.56. The maximum Gasteiger partial charge on any atom is 0.180 e. The van der Waals surface area contributed by atoms with Gasteiger partial charge in [-0.15, -0.1) is 11.3 Å². The number of aromatic nitrogens is 1. The Labute approximate surface area is 166 Å². The summed E-state index contributed by atoms with van der Waals surface area (Å²) in [7, 11) is 0. The third kappa shape index (κ3) is 2.45. The molecule has 2 N–H and O–H groups in total. The largest absolute Gasteiger partial charge is 0.375 e. The van der Waals surface area contributed by atoms with Crippen molar-refractivity contribution >= 4 is 28.3 Å². The van der Waals surface area contributed by atoms with Crippen LogP contribution in [0.1, 0.15) is 64.5 Å². The van der Waals surface area contributed by atoms with Crippen molar-refractivity contribution in [3.63, 3.8) is 0 Å². The van der Waals surface area contributed by atoms with Gasteiger partial charge in [0, 0.05) is 11.3 Å². The molecule has 144 valence electrons. The summed E-state index contributed by atoms with van der Waals surface area (Å²) in [6.07, 6.45) is 14.4. The van der Waals surface area contributed by atoms with Gasteiger partial charge >= 0.3 is 0 Å². The first kappa shape index (κ1) is 17.7. The summed E-state index contributed by atoms with van der Waals surface area (Å²) in [5, 5.41) is 2.82. The maximum atomic E-state index is 11.3. The first-order valence-corrected chi connectivity index (χ1v) is 11.4. The predicted octanol–water partition coefficient (Wildman–Crippen LogP) is 5.50. The Morgan fingerprint density at radius 2 is 1.96 bits per heavy atom. The zero-order valence-corrected chi connectivity index (χ0v) is 17.2. The van der Waals surface area contributed by atoms with Crippen molar-refractivity contribution in [2.45, 2.75) is 58.8 Å². The minimum absolute atomic E-state index is 0.239. The van der Waals surface area contributed by atoms with Crippen LogP contribution in [0, 0.1) is 34.5 Å². The predicted molar refractivity (Wildman–Crippen MR) is 111 cm³/mol. The van der Waals surface area contributed by atoms with E-state index in [2.05, 4.69) is 36.4 Å². The Kier molecular flexibility index (Phi) is 3.95. The quantitative estimate of drug-likeness (QED) is 0.543. The van der Waals surface area contributed by atoms with E-state index in [1.165, 1.54) is 44.0 Å². The molecule has 2 fully saturated rings. The number of anilines is 1. The number of rotatable bonds is 2. The van der Waals surface area contributed by atoms with Gasteiger partial charge in [0.1, 0.15) is 6.29 Å². The van der Waals surface area contributed by atoms with Crippen molar-refractivity contribution in [3.05, 3.63) is 28.8 Å². The lowest BCUT2D eigenvalue weighted by molar-refractivity contribution is -0.112. The van der Waals surface area contributed by atoms with Crippen LogP contribution in [0.5, 0.6) is 0 Å². The van der Waals surface area contributed by atoms with Crippen molar-refractivity contribution in [2.24, 2.45) is 34.5 Å². The van der Waals surface area contributed by atoms with Gasteiger partial charge < -0.3 is 10.5 Å². The van der Waals surface area contributed by atoms with Crippen LogP contribution in [-0.4, -0.2) is 11.3 Å². The molecule has 1 heterocycles. The normalized spacial score (nSPS) is 43.2. The Morgan fingerprint density at radius 1 is 1.15 bits per heavy atom. The molecular formula is C23H30N2OS. The van der Waals surface area contributed by atoms with E-state index in [0.717, 1.165) is 30.4 Å². The number of aldehydes is 1. The van der Waals surface area contributed by atoms with Crippen LogP contribution in [0.3, 0.4) is 0 Å². The smallest absolute Gasteiger partial charge is 0.180 e. The molecule has 5 rings (SSSR count). The zero-order valence-electron chi connectivity index (χ0n) is 16.4. The van der Waals surface area contributed by atoms with Crippen LogP contribution >= 0.6 is 11.3 Å². The summed E-state index contributed by atoms with van der Waals surface area (Å²) < 4.78 is 0. The number of hydrogen-bond donors (Lipinski definition) is 1. The Hall–Kier alpha value is -1.42. The van der Waals surface area contributed by atoms with Gasteiger partial charge in [-0.2, -0.15) is 0 Å². The van der Waals surface area contributed by atoms with Gasteiger partial charge in [-0.05, 0) is 79.1 Å². The lowest BCUT2D eigenvalue weighted by Gasteiger charge is -2.57. The Bertz CT molecular complexity index is 839. The van der Waals surface area contributed by atoms with Gasteiger partial charge in [0.2, 0.25) is 0 Å². The molecule has 0 spiro atoms. The highest BCUT2D eigenvalue weighted by Crippen LogP contribution is 2.66. The van der Waals surface area contributed by atoms with Gasteiger partial charge in [-0.25, -0.2) is 4.98 Å². The number of thiazole rings is 1. The monoisotopic (exact) mass is 382 g/mol. The van der Waals surface area contributed by atoms with E-state index < -0.39 is 0 Å². The van der Waals surface area contributed by atoms with E-state index in [1.54, 1.807) is 16.9 Å². The molecule has 4 aliphatic rings. The lowest BCUT2D eigenvalue weighted by atomic mass is 9.47. The number of hydrogen-bond acceptors (Lipinski definition) is 4. The molecule has 0 bridgehead atoms. The minimum Gasteiger partial charge on any atom is -0.375 e. The summed E-state index contributed by atoms with van der Waals surface area (Å²) in [6.45, 7) is 4.98. The van der Waals surface area contributed by atoms with Gasteiger partial charge in [0.05, 0.1) is 5.69 Å². The number of nitrogen functional groups attached to an aromatic ring is 1. The molecule has 0 radical (unpaired) electrons. The first-order chi connectivity index (χ1) is 13.0. The SMILES string of the molecule is C[C@]12CCC(C=O)CC1=CC[C@@H]1[C@@H]2CC[C@]2(C)C(c3csc(N)n3)=CC[C@@H]12. The minimum atomic E-state index is 0.239. The van der Waals surface area contributed by atoms with E-state index >= 15 is 0 Å². The van der Waals surface area contributed by atoms with Crippen LogP contribution in [0.4, 0.5) is 5.13 Å². The lowest BCUT2D eigenvalue weighted by Crippen LogP contribution is -2.49. The summed E-state index contributed by atoms with van der Waals surface area (Å²) in [5.74, 6) is 2.50. The molecule has 4 aliphatic carbocycles. The molecular weight excluding hydrogens is 352 g/mol. The number of nitrogens with two attached hydrogens (primary N) is 1. The average molecular weight is 383 g/mol. The van der Waals surface area contributed by atoms with Crippen LogP contribution < -0.4 is 5.73 Å². The molecule has 4 heteroatoms. The van der Waals surface area contributed by atoms with Crippen LogP contribution in [0.2, 0.25) is 0 Å². The molecule has 0 saturated heterocycles. The third-order valence-electron chi connectivity index (χ3n) is 8.71. The van der Waals surface area contributed by atoms with E-state index in [-0.39, 0.29) is 11.3 Å². The van der Waals surface area contributed by atoms with Gasteiger partial charge in [0.25, 0.3) is 0 Å². The Morgan fingerprint density at radius 3 is 2.70 bits per heavy atom. The molecule has 27 heavy (non-hydrogen) atoms. The van der Waals surface area contributed by atoms with Gasteiger partial charge in [0.15, 0.2) is 5.13 Å². The van der Waals surface area contributed by atoms with E-state index in [1.807, 2.05) is 0 Å². The molecule has 0 aliphatic heterocycles. The van der Waals surface area contributed by atoms with Crippen molar-refractivity contribution in [3.8, 4) is 0 Å². The van der Waals surface area contributed by atoms with Crippen molar-refractivity contribution in [1.82, 2.24) is 4.98 Å². The highest BCUT2D eigenvalue weighted by molar-refractivity contribution is 7.13. The fraction of sp³-hybridized carbons (Fsp3) is 0.652. The zero-order chi connectivity index (χ0) is 18.8. The van der Waals surface area contributed by atoms with E-state index in [0.29, 0.717) is 16.5 Å². The van der Waals surface area contributed by atoms with E-state index in [4.69, 9.17) is 5.73 Å². The second-order valence-corrected chi connectivity index (χ2v) is 10.7. The molecule has 1 aromatic heterocycles. The molecule has 1 aromatic rings. The summed E-state index contributed by atoms with van der Waals surface area (Å²) in [5.41, 5.74) is 10.6. The fourth-order valence-electron chi connectivity index (χ4n) is 7.18. The molecule has 3 nitrogen and oxygen atoms in total. The van der Waals surface area contributed by atoms with Crippen molar-refractivity contribution < 1.29 is 4.79 Å². The van der Waals surface area contributed by atoms with Gasteiger partial charge in [-0.3, -0.25) is 0 Å². The topological polar surface area (TPSA) is 56.0 Å². The van der Waals surface area contributed by atoms with Crippen LogP contribution in [0.15, 0.2) is 23.1 Å². The summed E-state index contributed by atoms with van der Waals surface area (Å²) in [4.78, 5) is 16.0. The second-order valence-electron chi connectivity index (χ2n) is 9.78. The van der Waals surface area contributed by atoms with Crippen molar-refractivity contribution in [1.29, 1.82) is 0 Å². The third-order valence-corrected chi connectivity index (χ3v) is 9.39. The fourth-order valence-corrected chi connectivity index (χ4v) is 7.74. The highest BCUT2D eigenvalue weighted by atomic mass is 32.1. The van der Waals surface area contributed by atoms with Crippen LogP contribution in [0.25, 0.3) is 5.57 Å². The second kappa shape index (κ2) is 6.04. The summed E-state index contributed by atoms with van der Waals surface area (Å²) in [6, 6.07) is 0. The average Bonchev–Trinajstić information content (AvgIpc) is 3.23. The molecule has 0 aromatic carbocycles. The van der Waals surface area contributed by atoms with Crippen molar-refractivity contribution in [2.75, 3.05) is 5.73 Å². The highest BCUT2D eigenvalue weighted by Gasteiger charge is 2.57. The number of allylic oxidation sites excluding steroid dienone is 4. The maximum absolute atomic E-state index is 11.3. The van der Waals surface area contributed by atoms with Crippen LogP contribution in [-0.2, 0) is 4.79 Å². The molecule has 1 unspecified atom stereocenters. The standard InChI is InChI=1S/C23H30N2OS/c1-22-9-7-14(12-26)11-15(22)3-4-16-17-5-6-19(20-13-27-21(24)25-20)23(17,2)10-8-18(16)22/h3,6,12-14,16-18H,4-5,7-11H2,1-2H3,(H2,24,25)/t14?,16-,17-,18-,22-,23-/m0/s1. The molecule has 6 atom stereocenters. The van der Waals surface area contributed by atoms with E-state index in [9.17, 15) is 4.79 Å². The first-order valence-electron chi connectivity index (χ1n) is 10.5. The number of nitrogens with zero attached hydrogens (tertiary/aromatic N) is 1.